The number of benzene rings is 1. The smallest absolute Gasteiger partial charge is 0.338 e. The number of carbonyl (C=O) groups excluding carboxylic acids is 3. The Bertz CT molecular complexity index is 910. The molecule has 0 spiro atoms. The lowest BCUT2D eigenvalue weighted by Gasteiger charge is -2.39. The third-order valence-corrected chi connectivity index (χ3v) is 5.88. The van der Waals surface area contributed by atoms with Crippen LogP contribution in [-0.2, 0) is 9.53 Å². The van der Waals surface area contributed by atoms with Gasteiger partial charge in [-0.25, -0.2) is 14.4 Å². The van der Waals surface area contributed by atoms with E-state index in [1.807, 2.05) is 25.1 Å². The largest absolute Gasteiger partial charge is 0.496 e. The van der Waals surface area contributed by atoms with E-state index in [9.17, 15) is 14.4 Å². The minimum absolute atomic E-state index is 0.0750. The van der Waals surface area contributed by atoms with Crippen molar-refractivity contribution < 1.29 is 23.9 Å². The number of para-hydroxylation sites is 1. The zero-order valence-electron chi connectivity index (χ0n) is 19.7. The van der Waals surface area contributed by atoms with Gasteiger partial charge >= 0.3 is 18.0 Å². The first-order valence-corrected chi connectivity index (χ1v) is 11.2. The van der Waals surface area contributed by atoms with E-state index in [1.54, 1.807) is 32.0 Å². The lowest BCUT2D eigenvalue weighted by molar-refractivity contribution is -0.139. The van der Waals surface area contributed by atoms with Crippen LogP contribution in [0.3, 0.4) is 0 Å². The third-order valence-electron chi connectivity index (χ3n) is 5.88. The van der Waals surface area contributed by atoms with Gasteiger partial charge in [0.15, 0.2) is 0 Å². The molecule has 1 fully saturated rings. The molecule has 2 aliphatic heterocycles. The maximum absolute atomic E-state index is 13.1. The highest BCUT2D eigenvalue weighted by Crippen LogP contribution is 2.35. The molecule has 2 N–H and O–H groups in total. The van der Waals surface area contributed by atoms with Gasteiger partial charge in [-0.1, -0.05) is 18.2 Å². The van der Waals surface area contributed by atoms with Crippen molar-refractivity contribution in [3.8, 4) is 5.75 Å². The first-order valence-electron chi connectivity index (χ1n) is 11.2. The molecular weight excluding hydrogens is 426 g/mol. The number of carbonyl (C=O) groups is 3. The standard InChI is InChI=1S/C23H33N5O5/c1-5-24-22(30)28-13-11-27(12-14-28)15-17-19(21(29)33-6-2)20(25-23(31)26(17)3)16-9-7-8-10-18(16)32-4/h7-10,20H,5-6,11-15H2,1-4H3,(H,24,30)(H,25,31)/t20-/m0/s1. The quantitative estimate of drug-likeness (QED) is 0.600. The molecule has 0 unspecified atom stereocenters. The molecule has 1 atom stereocenters. The summed E-state index contributed by atoms with van der Waals surface area (Å²) in [6.45, 7) is 7.22. The summed E-state index contributed by atoms with van der Waals surface area (Å²) >= 11 is 0. The first-order chi connectivity index (χ1) is 15.9. The van der Waals surface area contributed by atoms with Gasteiger partial charge in [-0.05, 0) is 19.9 Å². The molecule has 1 aromatic rings. The van der Waals surface area contributed by atoms with Crippen LogP contribution in [0.25, 0.3) is 0 Å². The topological polar surface area (TPSA) is 103 Å². The average molecular weight is 460 g/mol. The lowest BCUT2D eigenvalue weighted by Crippen LogP contribution is -2.54. The average Bonchev–Trinajstić information content (AvgIpc) is 2.82. The highest BCUT2D eigenvalue weighted by atomic mass is 16.5. The molecule has 1 saturated heterocycles. The number of methoxy groups -OCH3 is 1. The van der Waals surface area contributed by atoms with Crippen LogP contribution in [0.15, 0.2) is 35.5 Å². The van der Waals surface area contributed by atoms with Crippen LogP contribution in [-0.4, -0.2) is 92.8 Å². The van der Waals surface area contributed by atoms with Gasteiger partial charge in [0.05, 0.1) is 25.3 Å². The maximum Gasteiger partial charge on any atom is 0.338 e. The molecule has 0 aliphatic carbocycles. The molecule has 0 aromatic heterocycles. The monoisotopic (exact) mass is 459 g/mol. The summed E-state index contributed by atoms with van der Waals surface area (Å²) in [6.07, 6.45) is 0. The van der Waals surface area contributed by atoms with Gasteiger partial charge in [-0.2, -0.15) is 0 Å². The Morgan fingerprint density at radius 3 is 2.48 bits per heavy atom. The maximum atomic E-state index is 13.1. The fourth-order valence-electron chi connectivity index (χ4n) is 4.12. The van der Waals surface area contributed by atoms with Crippen LogP contribution >= 0.6 is 0 Å². The number of likely N-dealkylation sites (N-methyl/N-ethyl adjacent to an activating group) is 1. The van der Waals surface area contributed by atoms with E-state index in [0.717, 1.165) is 0 Å². The van der Waals surface area contributed by atoms with Gasteiger partial charge in [-0.3, -0.25) is 9.80 Å². The summed E-state index contributed by atoms with van der Waals surface area (Å²) in [5.41, 5.74) is 1.65. The normalized spacial score (nSPS) is 19.3. The number of amides is 4. The highest BCUT2D eigenvalue weighted by molar-refractivity contribution is 5.95. The second-order valence-electron chi connectivity index (χ2n) is 7.86. The number of nitrogens with zero attached hydrogens (tertiary/aromatic N) is 3. The molecule has 180 valence electrons. The Labute approximate surface area is 194 Å². The van der Waals surface area contributed by atoms with Crippen molar-refractivity contribution in [2.24, 2.45) is 0 Å². The minimum Gasteiger partial charge on any atom is -0.496 e. The van der Waals surface area contributed by atoms with Crippen LogP contribution < -0.4 is 15.4 Å². The van der Waals surface area contributed by atoms with Crippen molar-refractivity contribution in [1.82, 2.24) is 25.3 Å². The highest BCUT2D eigenvalue weighted by Gasteiger charge is 2.38. The van der Waals surface area contributed by atoms with Crippen LogP contribution in [0, 0.1) is 0 Å². The van der Waals surface area contributed by atoms with Gasteiger partial charge in [0.1, 0.15) is 5.75 Å². The number of esters is 1. The molecule has 2 aliphatic rings. The first kappa shape index (κ1) is 24.4. The molecule has 10 nitrogen and oxygen atoms in total. The predicted molar refractivity (Wildman–Crippen MR) is 123 cm³/mol. The molecule has 0 bridgehead atoms. The number of urea groups is 2. The van der Waals surface area contributed by atoms with Crippen molar-refractivity contribution in [2.75, 3.05) is 60.0 Å². The van der Waals surface area contributed by atoms with Crippen LogP contribution in [0.5, 0.6) is 5.75 Å². The summed E-state index contributed by atoms with van der Waals surface area (Å²) in [6, 6.07) is 6.21. The molecule has 0 radical (unpaired) electrons. The van der Waals surface area contributed by atoms with Gasteiger partial charge in [0.2, 0.25) is 0 Å². The Morgan fingerprint density at radius 2 is 1.85 bits per heavy atom. The number of ether oxygens (including phenoxy) is 2. The second-order valence-corrected chi connectivity index (χ2v) is 7.86. The predicted octanol–water partition coefficient (Wildman–Crippen LogP) is 1.56. The van der Waals surface area contributed by atoms with Crippen molar-refractivity contribution in [3.63, 3.8) is 0 Å². The fourth-order valence-corrected chi connectivity index (χ4v) is 4.12. The molecule has 10 heteroatoms. The molecule has 4 amide bonds. The van der Waals surface area contributed by atoms with Gasteiger partial charge in [0.25, 0.3) is 0 Å². The summed E-state index contributed by atoms with van der Waals surface area (Å²) in [5.74, 6) is 0.0975. The molecule has 33 heavy (non-hydrogen) atoms. The summed E-state index contributed by atoms with van der Waals surface area (Å²) in [4.78, 5) is 43.5. The number of hydrogen-bond donors (Lipinski definition) is 2. The van der Waals surface area contributed by atoms with E-state index >= 15 is 0 Å². The summed E-state index contributed by atoms with van der Waals surface area (Å²) in [7, 11) is 3.20. The molecule has 3 rings (SSSR count). The molecule has 2 heterocycles. The zero-order valence-corrected chi connectivity index (χ0v) is 19.7. The molecule has 0 saturated carbocycles. The third kappa shape index (κ3) is 5.39. The summed E-state index contributed by atoms with van der Waals surface area (Å²) < 4.78 is 10.9. The summed E-state index contributed by atoms with van der Waals surface area (Å²) in [5, 5.41) is 5.74. The lowest BCUT2D eigenvalue weighted by atomic mass is 9.93. The number of piperazine rings is 1. The van der Waals surface area contributed by atoms with E-state index < -0.39 is 12.0 Å². The van der Waals surface area contributed by atoms with Crippen molar-refractivity contribution in [3.05, 3.63) is 41.1 Å². The van der Waals surface area contributed by atoms with Gasteiger partial charge in [-0.15, -0.1) is 0 Å². The Kier molecular flexibility index (Phi) is 8.16. The Hall–Kier alpha value is -3.27. The zero-order chi connectivity index (χ0) is 24.0. The van der Waals surface area contributed by atoms with Gasteiger partial charge in [0, 0.05) is 57.6 Å². The van der Waals surface area contributed by atoms with Crippen molar-refractivity contribution >= 4 is 18.0 Å². The van der Waals surface area contributed by atoms with E-state index in [2.05, 4.69) is 15.5 Å². The molecular formula is C23H33N5O5. The number of hydrogen-bond acceptors (Lipinski definition) is 6. The van der Waals surface area contributed by atoms with Crippen molar-refractivity contribution in [2.45, 2.75) is 19.9 Å². The van der Waals surface area contributed by atoms with E-state index in [-0.39, 0.29) is 18.7 Å². The molecule has 1 aromatic carbocycles. The van der Waals surface area contributed by atoms with E-state index in [4.69, 9.17) is 9.47 Å². The van der Waals surface area contributed by atoms with E-state index in [0.29, 0.717) is 61.9 Å². The van der Waals surface area contributed by atoms with Crippen LogP contribution in [0.1, 0.15) is 25.5 Å². The second kappa shape index (κ2) is 11.0. The van der Waals surface area contributed by atoms with E-state index in [1.165, 1.54) is 4.90 Å². The Morgan fingerprint density at radius 1 is 1.15 bits per heavy atom. The SMILES string of the molecule is CCNC(=O)N1CCN(CC2=C(C(=O)OCC)[C@H](c3ccccc3OC)NC(=O)N2C)CC1. The Balaban J connectivity index is 1.93. The fraction of sp³-hybridized carbons (Fsp3) is 0.522. The van der Waals surface area contributed by atoms with Crippen molar-refractivity contribution in [1.29, 1.82) is 0 Å². The minimum atomic E-state index is -0.699. The van der Waals surface area contributed by atoms with Gasteiger partial charge < -0.3 is 25.0 Å². The number of rotatable bonds is 7. The van der Waals surface area contributed by atoms with Crippen LogP contribution in [0.2, 0.25) is 0 Å². The van der Waals surface area contributed by atoms with Crippen LogP contribution in [0.4, 0.5) is 9.59 Å². The number of nitrogens with one attached hydrogen (secondary N) is 2.